The van der Waals surface area contributed by atoms with Crippen LogP contribution < -0.4 is 5.56 Å². The maximum absolute atomic E-state index is 11.5. The summed E-state index contributed by atoms with van der Waals surface area (Å²) in [5.41, 5.74) is 0.400. The van der Waals surface area contributed by atoms with Crippen LogP contribution in [0.4, 0.5) is 0 Å². The number of aromatic amines is 1. The molecule has 0 atom stereocenters. The predicted molar refractivity (Wildman–Crippen MR) is 61.4 cm³/mol. The third-order valence-electron chi connectivity index (χ3n) is 3.39. The van der Waals surface area contributed by atoms with Crippen molar-refractivity contribution in [1.29, 1.82) is 0 Å². The summed E-state index contributed by atoms with van der Waals surface area (Å²) in [7, 11) is 1.70. The molecule has 4 nitrogen and oxygen atoms in total. The highest BCUT2D eigenvalue weighted by atomic mass is 16.5. The second-order valence-electron chi connectivity index (χ2n) is 4.34. The van der Waals surface area contributed by atoms with Crippen molar-refractivity contribution < 1.29 is 4.74 Å². The summed E-state index contributed by atoms with van der Waals surface area (Å²) in [6.45, 7) is 2.00. The Hall–Kier alpha value is -1.16. The Morgan fingerprint density at radius 3 is 2.75 bits per heavy atom. The van der Waals surface area contributed by atoms with E-state index >= 15 is 0 Å². The monoisotopic (exact) mass is 222 g/mol. The van der Waals surface area contributed by atoms with Gasteiger partial charge in [0.1, 0.15) is 11.4 Å². The molecule has 0 saturated heterocycles. The minimum atomic E-state index is -0.357. The van der Waals surface area contributed by atoms with Gasteiger partial charge in [-0.15, -0.1) is 0 Å². The van der Waals surface area contributed by atoms with E-state index in [1.165, 1.54) is 0 Å². The summed E-state index contributed by atoms with van der Waals surface area (Å²) in [5, 5.41) is 0. The molecule has 1 aromatic rings. The van der Waals surface area contributed by atoms with Crippen LogP contribution in [-0.2, 0) is 16.8 Å². The summed E-state index contributed by atoms with van der Waals surface area (Å²) in [5.74, 6) is 0.705. The molecule has 0 spiro atoms. The molecule has 4 heteroatoms. The topological polar surface area (TPSA) is 55.0 Å². The lowest BCUT2D eigenvalue weighted by molar-refractivity contribution is -0.0166. The van der Waals surface area contributed by atoms with E-state index in [2.05, 4.69) is 9.97 Å². The van der Waals surface area contributed by atoms with Crippen molar-refractivity contribution in [2.24, 2.45) is 0 Å². The average Bonchev–Trinajstić information content (AvgIpc) is 2.78. The maximum atomic E-state index is 11.5. The number of methoxy groups -OCH3 is 1. The summed E-state index contributed by atoms with van der Waals surface area (Å²) in [6.07, 6.45) is 4.93. The lowest BCUT2D eigenvalue weighted by atomic mass is 10.0. The number of aryl methyl sites for hydroxylation is 1. The van der Waals surface area contributed by atoms with Crippen LogP contribution in [0.15, 0.2) is 10.9 Å². The minimum absolute atomic E-state index is 0.0785. The summed E-state index contributed by atoms with van der Waals surface area (Å²) >= 11 is 0. The molecule has 1 fully saturated rings. The Bertz CT molecular complexity index is 419. The molecule has 88 valence electrons. The zero-order valence-corrected chi connectivity index (χ0v) is 9.88. The Morgan fingerprint density at radius 2 is 2.19 bits per heavy atom. The normalized spacial score (nSPS) is 18.9. The smallest absolute Gasteiger partial charge is 0.251 e. The highest BCUT2D eigenvalue weighted by molar-refractivity contribution is 5.10. The first-order chi connectivity index (χ1) is 7.70. The Labute approximate surface area is 95.1 Å². The molecule has 0 aromatic carbocycles. The number of nitrogens with one attached hydrogen (secondary N) is 1. The summed E-state index contributed by atoms with van der Waals surface area (Å²) in [4.78, 5) is 18.9. The molecule has 16 heavy (non-hydrogen) atoms. The highest BCUT2D eigenvalue weighted by Gasteiger charge is 2.38. The zero-order valence-electron chi connectivity index (χ0n) is 9.88. The van der Waals surface area contributed by atoms with Crippen LogP contribution in [0.25, 0.3) is 0 Å². The van der Waals surface area contributed by atoms with Gasteiger partial charge in [-0.25, -0.2) is 4.98 Å². The van der Waals surface area contributed by atoms with Crippen molar-refractivity contribution in [2.45, 2.75) is 44.6 Å². The fourth-order valence-corrected chi connectivity index (χ4v) is 2.39. The molecule has 2 rings (SSSR count). The van der Waals surface area contributed by atoms with Gasteiger partial charge < -0.3 is 9.72 Å². The SMILES string of the molecule is CCc1cc(=O)[nH]c(C2(OC)CCCC2)n1. The predicted octanol–water partition coefficient (Wildman–Crippen LogP) is 1.75. The number of hydrogen-bond donors (Lipinski definition) is 1. The van der Waals surface area contributed by atoms with E-state index < -0.39 is 0 Å². The van der Waals surface area contributed by atoms with Gasteiger partial charge in [-0.2, -0.15) is 0 Å². The lowest BCUT2D eigenvalue weighted by Gasteiger charge is -2.26. The van der Waals surface area contributed by atoms with Crippen LogP contribution in [-0.4, -0.2) is 17.1 Å². The number of rotatable bonds is 3. The molecule has 1 aromatic heterocycles. The van der Waals surface area contributed by atoms with Gasteiger partial charge in [0.25, 0.3) is 5.56 Å². The van der Waals surface area contributed by atoms with Crippen molar-refractivity contribution in [1.82, 2.24) is 9.97 Å². The van der Waals surface area contributed by atoms with Crippen LogP contribution in [0, 0.1) is 0 Å². The lowest BCUT2D eigenvalue weighted by Crippen LogP contribution is -2.30. The van der Waals surface area contributed by atoms with Crippen LogP contribution >= 0.6 is 0 Å². The summed E-state index contributed by atoms with van der Waals surface area (Å²) in [6, 6.07) is 1.56. The molecule has 0 aliphatic heterocycles. The van der Waals surface area contributed by atoms with Gasteiger partial charge in [-0.3, -0.25) is 4.79 Å². The molecule has 1 aliphatic rings. The first kappa shape index (κ1) is 11.3. The molecule has 1 aliphatic carbocycles. The van der Waals surface area contributed by atoms with Gasteiger partial charge in [-0.1, -0.05) is 6.92 Å². The third-order valence-corrected chi connectivity index (χ3v) is 3.39. The Kier molecular flexibility index (Phi) is 3.10. The van der Waals surface area contributed by atoms with Crippen molar-refractivity contribution in [2.75, 3.05) is 7.11 Å². The minimum Gasteiger partial charge on any atom is -0.370 e. The molecule has 1 saturated carbocycles. The second-order valence-corrected chi connectivity index (χ2v) is 4.34. The fraction of sp³-hybridized carbons (Fsp3) is 0.667. The largest absolute Gasteiger partial charge is 0.370 e. The number of ether oxygens (including phenoxy) is 1. The van der Waals surface area contributed by atoms with Gasteiger partial charge in [0.2, 0.25) is 0 Å². The van der Waals surface area contributed by atoms with E-state index in [1.807, 2.05) is 6.92 Å². The summed E-state index contributed by atoms with van der Waals surface area (Å²) < 4.78 is 5.61. The molecular formula is C12H18N2O2. The fourth-order valence-electron chi connectivity index (χ4n) is 2.39. The molecular weight excluding hydrogens is 204 g/mol. The Balaban J connectivity index is 2.45. The van der Waals surface area contributed by atoms with Gasteiger partial charge in [0, 0.05) is 18.9 Å². The van der Waals surface area contributed by atoms with Gasteiger partial charge in [-0.05, 0) is 32.1 Å². The molecule has 0 amide bonds. The molecule has 1 heterocycles. The van der Waals surface area contributed by atoms with E-state index in [0.717, 1.165) is 37.8 Å². The number of hydrogen-bond acceptors (Lipinski definition) is 3. The van der Waals surface area contributed by atoms with Crippen molar-refractivity contribution in [3.63, 3.8) is 0 Å². The number of aromatic nitrogens is 2. The van der Waals surface area contributed by atoms with E-state index in [4.69, 9.17) is 4.74 Å². The van der Waals surface area contributed by atoms with E-state index in [9.17, 15) is 4.79 Å². The first-order valence-electron chi connectivity index (χ1n) is 5.86. The average molecular weight is 222 g/mol. The number of nitrogens with zero attached hydrogens (tertiary/aromatic N) is 1. The maximum Gasteiger partial charge on any atom is 0.251 e. The van der Waals surface area contributed by atoms with E-state index in [0.29, 0.717) is 5.82 Å². The van der Waals surface area contributed by atoms with Crippen molar-refractivity contribution in [3.05, 3.63) is 27.9 Å². The second kappa shape index (κ2) is 4.37. The van der Waals surface area contributed by atoms with Gasteiger partial charge in [0.15, 0.2) is 0 Å². The number of H-pyrrole nitrogens is 1. The molecule has 0 radical (unpaired) electrons. The van der Waals surface area contributed by atoms with Gasteiger partial charge >= 0.3 is 0 Å². The third kappa shape index (κ3) is 1.89. The molecule has 0 bridgehead atoms. The van der Waals surface area contributed by atoms with Crippen LogP contribution in [0.3, 0.4) is 0 Å². The van der Waals surface area contributed by atoms with Crippen LogP contribution in [0.5, 0.6) is 0 Å². The van der Waals surface area contributed by atoms with Crippen molar-refractivity contribution >= 4 is 0 Å². The Morgan fingerprint density at radius 1 is 1.50 bits per heavy atom. The molecule has 1 N–H and O–H groups in total. The quantitative estimate of drug-likeness (QED) is 0.847. The van der Waals surface area contributed by atoms with Gasteiger partial charge in [0.05, 0.1) is 0 Å². The standard InChI is InChI=1S/C12H18N2O2/c1-3-9-8-10(15)14-11(13-9)12(16-2)6-4-5-7-12/h8H,3-7H2,1-2H3,(H,13,14,15). The van der Waals surface area contributed by atoms with Crippen molar-refractivity contribution in [3.8, 4) is 0 Å². The highest BCUT2D eigenvalue weighted by Crippen LogP contribution is 2.39. The van der Waals surface area contributed by atoms with Crippen LogP contribution in [0.1, 0.15) is 44.1 Å². The van der Waals surface area contributed by atoms with E-state index in [-0.39, 0.29) is 11.2 Å². The molecule has 0 unspecified atom stereocenters. The zero-order chi connectivity index (χ0) is 11.6. The first-order valence-corrected chi connectivity index (χ1v) is 5.86. The van der Waals surface area contributed by atoms with E-state index in [1.54, 1.807) is 13.2 Å². The van der Waals surface area contributed by atoms with Crippen LogP contribution in [0.2, 0.25) is 0 Å².